The Bertz CT molecular complexity index is 1050. The summed E-state index contributed by atoms with van der Waals surface area (Å²) in [6, 6.07) is 9.71. The van der Waals surface area contributed by atoms with Crippen LogP contribution in [0.1, 0.15) is 33.3 Å². The molecule has 0 radical (unpaired) electrons. The first-order valence-electron chi connectivity index (χ1n) is 8.94. The monoisotopic (exact) mass is 388 g/mol. The Morgan fingerprint density at radius 1 is 1.11 bits per heavy atom. The Balaban J connectivity index is 2.22. The van der Waals surface area contributed by atoms with Crippen molar-refractivity contribution in [1.29, 1.82) is 0 Å². The van der Waals surface area contributed by atoms with Gasteiger partial charge in [0.2, 0.25) is 10.0 Å². The van der Waals surface area contributed by atoms with Gasteiger partial charge in [0, 0.05) is 30.9 Å². The zero-order chi connectivity index (χ0) is 19.8. The van der Waals surface area contributed by atoms with Gasteiger partial charge in [-0.3, -0.25) is 9.36 Å². The van der Waals surface area contributed by atoms with Gasteiger partial charge in [-0.25, -0.2) is 8.42 Å². The number of rotatable bonds is 5. The van der Waals surface area contributed by atoms with Gasteiger partial charge < -0.3 is 4.74 Å². The van der Waals surface area contributed by atoms with E-state index in [9.17, 15) is 13.2 Å². The molecule has 2 heterocycles. The topological polar surface area (TPSA) is 68.6 Å². The summed E-state index contributed by atoms with van der Waals surface area (Å²) >= 11 is 0. The summed E-state index contributed by atoms with van der Waals surface area (Å²) in [5.41, 5.74) is 0.375. The Kier molecular flexibility index (Phi) is 5.01. The molecular formula is C20H24N2O4S. The lowest BCUT2D eigenvalue weighted by molar-refractivity contribution is 0.157. The summed E-state index contributed by atoms with van der Waals surface area (Å²) in [6.07, 6.45) is 3.51. The SMILES string of the molecule is CCN(CC)S(=O)(=O)c1ccc2c(c1)C(n1ccccc1=O)=CC(C)(C)O2. The lowest BCUT2D eigenvalue weighted by atomic mass is 9.99. The molecule has 7 heteroatoms. The third-order valence-corrected chi connectivity index (χ3v) is 6.56. The molecule has 0 saturated heterocycles. The van der Waals surface area contributed by atoms with E-state index >= 15 is 0 Å². The summed E-state index contributed by atoms with van der Waals surface area (Å²) in [4.78, 5) is 12.6. The molecule has 0 bridgehead atoms. The van der Waals surface area contributed by atoms with Gasteiger partial charge in [0.15, 0.2) is 0 Å². The molecule has 1 aliphatic heterocycles. The van der Waals surface area contributed by atoms with Crippen molar-refractivity contribution >= 4 is 15.7 Å². The van der Waals surface area contributed by atoms with Crippen LogP contribution in [0.25, 0.3) is 5.70 Å². The van der Waals surface area contributed by atoms with Crippen LogP contribution in [0.15, 0.2) is 58.4 Å². The van der Waals surface area contributed by atoms with E-state index in [2.05, 4.69) is 0 Å². The molecule has 0 N–H and O–H groups in total. The highest BCUT2D eigenvalue weighted by Crippen LogP contribution is 2.38. The second-order valence-electron chi connectivity index (χ2n) is 6.89. The molecular weight excluding hydrogens is 364 g/mol. The Labute approximate surface area is 159 Å². The molecule has 27 heavy (non-hydrogen) atoms. The molecule has 0 aliphatic carbocycles. The van der Waals surface area contributed by atoms with Crippen LogP contribution in [-0.2, 0) is 10.0 Å². The summed E-state index contributed by atoms with van der Waals surface area (Å²) < 4.78 is 34.7. The van der Waals surface area contributed by atoms with Crippen molar-refractivity contribution in [2.45, 2.75) is 38.2 Å². The van der Waals surface area contributed by atoms with Crippen LogP contribution in [0.5, 0.6) is 5.75 Å². The minimum absolute atomic E-state index is 0.183. The summed E-state index contributed by atoms with van der Waals surface area (Å²) in [7, 11) is -3.62. The van der Waals surface area contributed by atoms with E-state index in [0.29, 0.717) is 30.1 Å². The zero-order valence-corrected chi connectivity index (χ0v) is 16.8. The number of pyridine rings is 1. The van der Waals surface area contributed by atoms with E-state index in [1.807, 2.05) is 19.9 Å². The zero-order valence-electron chi connectivity index (χ0n) is 16.0. The number of nitrogens with zero attached hydrogens (tertiary/aromatic N) is 2. The molecule has 144 valence electrons. The molecule has 1 aliphatic rings. The first kappa shape index (κ1) is 19.4. The highest BCUT2D eigenvalue weighted by Gasteiger charge is 2.30. The summed E-state index contributed by atoms with van der Waals surface area (Å²) in [5, 5.41) is 0. The molecule has 0 unspecified atom stereocenters. The van der Waals surface area contributed by atoms with Crippen molar-refractivity contribution < 1.29 is 13.2 Å². The van der Waals surface area contributed by atoms with Crippen LogP contribution in [0, 0.1) is 0 Å². The highest BCUT2D eigenvalue weighted by atomic mass is 32.2. The van der Waals surface area contributed by atoms with E-state index < -0.39 is 15.6 Å². The predicted molar refractivity (Wildman–Crippen MR) is 105 cm³/mol. The Morgan fingerprint density at radius 2 is 1.81 bits per heavy atom. The quantitative estimate of drug-likeness (QED) is 0.790. The van der Waals surface area contributed by atoms with Crippen LogP contribution >= 0.6 is 0 Å². The van der Waals surface area contributed by atoms with Crippen LogP contribution in [0.4, 0.5) is 0 Å². The Morgan fingerprint density at radius 3 is 2.44 bits per heavy atom. The second kappa shape index (κ2) is 6.98. The van der Waals surface area contributed by atoms with Gasteiger partial charge in [-0.1, -0.05) is 19.9 Å². The number of ether oxygens (including phenoxy) is 1. The minimum atomic E-state index is -3.62. The smallest absolute Gasteiger partial charge is 0.255 e. The largest absolute Gasteiger partial charge is 0.483 e. The molecule has 0 fully saturated rings. The second-order valence-corrected chi connectivity index (χ2v) is 8.83. The standard InChI is InChI=1S/C20H24N2O4S/c1-5-21(6-2)27(24,25)15-10-11-18-16(13-15)17(14-20(3,4)26-18)22-12-8-7-9-19(22)23/h7-14H,5-6H2,1-4H3. The predicted octanol–water partition coefficient (Wildman–Crippen LogP) is 2.94. The molecule has 3 rings (SSSR count). The van der Waals surface area contributed by atoms with Crippen molar-refractivity contribution in [3.63, 3.8) is 0 Å². The number of hydrogen-bond acceptors (Lipinski definition) is 4. The van der Waals surface area contributed by atoms with Gasteiger partial charge in [0.1, 0.15) is 11.4 Å². The average Bonchev–Trinajstić information content (AvgIpc) is 2.61. The van der Waals surface area contributed by atoms with Crippen LogP contribution in [-0.4, -0.2) is 36.0 Å². The van der Waals surface area contributed by atoms with E-state index in [1.165, 1.54) is 14.9 Å². The minimum Gasteiger partial charge on any atom is -0.483 e. The van der Waals surface area contributed by atoms with Gasteiger partial charge >= 0.3 is 0 Å². The van der Waals surface area contributed by atoms with Gasteiger partial charge in [-0.2, -0.15) is 4.31 Å². The first-order valence-corrected chi connectivity index (χ1v) is 10.4. The van der Waals surface area contributed by atoms with Crippen molar-refractivity contribution in [3.05, 3.63) is 64.6 Å². The van der Waals surface area contributed by atoms with Gasteiger partial charge in [-0.05, 0) is 44.2 Å². The fourth-order valence-corrected chi connectivity index (χ4v) is 4.70. The molecule has 1 aromatic heterocycles. The number of aromatic nitrogens is 1. The third-order valence-electron chi connectivity index (χ3n) is 4.51. The maximum absolute atomic E-state index is 12.9. The lowest BCUT2D eigenvalue weighted by Gasteiger charge is -2.32. The fraction of sp³-hybridized carbons (Fsp3) is 0.350. The van der Waals surface area contributed by atoms with Gasteiger partial charge in [-0.15, -0.1) is 0 Å². The molecule has 0 saturated carbocycles. The number of fused-ring (bicyclic) bond motifs is 1. The maximum atomic E-state index is 12.9. The van der Waals surface area contributed by atoms with Crippen molar-refractivity contribution in [1.82, 2.24) is 8.87 Å². The van der Waals surface area contributed by atoms with Crippen LogP contribution < -0.4 is 10.3 Å². The van der Waals surface area contributed by atoms with Crippen molar-refractivity contribution in [3.8, 4) is 5.75 Å². The highest BCUT2D eigenvalue weighted by molar-refractivity contribution is 7.89. The molecule has 2 aromatic rings. The fourth-order valence-electron chi connectivity index (χ4n) is 3.22. The summed E-state index contributed by atoms with van der Waals surface area (Å²) in [6.45, 7) is 8.18. The molecule has 0 spiro atoms. The van der Waals surface area contributed by atoms with Crippen LogP contribution in [0.3, 0.4) is 0 Å². The molecule has 1 aromatic carbocycles. The third kappa shape index (κ3) is 3.57. The maximum Gasteiger partial charge on any atom is 0.255 e. The van der Waals surface area contributed by atoms with E-state index in [1.54, 1.807) is 50.4 Å². The average molecular weight is 388 g/mol. The normalized spacial score (nSPS) is 15.8. The number of hydrogen-bond donors (Lipinski definition) is 0. The van der Waals surface area contributed by atoms with Crippen LogP contribution in [0.2, 0.25) is 0 Å². The lowest BCUT2D eigenvalue weighted by Crippen LogP contribution is -2.33. The van der Waals surface area contributed by atoms with E-state index in [0.717, 1.165) is 0 Å². The van der Waals surface area contributed by atoms with E-state index in [4.69, 9.17) is 4.74 Å². The van der Waals surface area contributed by atoms with Crippen molar-refractivity contribution in [2.24, 2.45) is 0 Å². The Hall–Kier alpha value is -2.38. The van der Waals surface area contributed by atoms with Gasteiger partial charge in [0.05, 0.1) is 10.6 Å². The molecule has 0 amide bonds. The molecule has 0 atom stereocenters. The van der Waals surface area contributed by atoms with E-state index in [-0.39, 0.29) is 10.5 Å². The number of benzene rings is 1. The van der Waals surface area contributed by atoms with Crippen molar-refractivity contribution in [2.75, 3.05) is 13.1 Å². The molecule has 6 nitrogen and oxygen atoms in total. The number of sulfonamides is 1. The first-order chi connectivity index (χ1) is 12.7. The summed E-state index contributed by atoms with van der Waals surface area (Å²) in [5.74, 6) is 0.548. The van der Waals surface area contributed by atoms with Gasteiger partial charge in [0.25, 0.3) is 5.56 Å².